The van der Waals surface area contributed by atoms with Crippen molar-refractivity contribution >= 4 is 34.2 Å². The molecule has 0 amide bonds. The summed E-state index contributed by atoms with van der Waals surface area (Å²) in [5.41, 5.74) is 2.87. The van der Waals surface area contributed by atoms with E-state index in [-0.39, 0.29) is 0 Å². The van der Waals surface area contributed by atoms with E-state index in [1.807, 2.05) is 0 Å². The zero-order valence-electron chi connectivity index (χ0n) is 7.82. The Morgan fingerprint density at radius 2 is 2.15 bits per heavy atom. The predicted molar refractivity (Wildman–Crippen MR) is 67.6 cm³/mol. The Bertz CT molecular complexity index is 271. The van der Waals surface area contributed by atoms with Gasteiger partial charge in [0.1, 0.15) is 0 Å². The third kappa shape index (κ3) is 3.47. The van der Waals surface area contributed by atoms with Crippen molar-refractivity contribution < 1.29 is 0 Å². The molecule has 1 aromatic rings. The molecule has 0 aliphatic heterocycles. The van der Waals surface area contributed by atoms with Gasteiger partial charge >= 0.3 is 0 Å². The van der Waals surface area contributed by atoms with E-state index in [0.717, 1.165) is 25.1 Å². The highest BCUT2D eigenvalue weighted by molar-refractivity contribution is 14.1. The van der Waals surface area contributed by atoms with E-state index in [1.54, 1.807) is 0 Å². The molecule has 13 heavy (non-hydrogen) atoms. The second-order valence-corrected chi connectivity index (χ2v) is 4.61. The lowest BCUT2D eigenvalue weighted by molar-refractivity contribution is 0.918. The molecule has 0 fully saturated rings. The van der Waals surface area contributed by atoms with E-state index in [9.17, 15) is 0 Å². The van der Waals surface area contributed by atoms with E-state index in [0.29, 0.717) is 0 Å². The Balaban J connectivity index is 2.78. The first kappa shape index (κ1) is 11.3. The Hall–Kier alpha value is 0.240. The average molecular weight is 309 g/mol. The van der Waals surface area contributed by atoms with Crippen LogP contribution < -0.4 is 0 Å². The fraction of sp³-hybridized carbons (Fsp3) is 0.455. The summed E-state index contributed by atoms with van der Waals surface area (Å²) in [5.74, 6) is 0.756. The van der Waals surface area contributed by atoms with Gasteiger partial charge < -0.3 is 0 Å². The van der Waals surface area contributed by atoms with E-state index < -0.39 is 0 Å². The van der Waals surface area contributed by atoms with Crippen LogP contribution in [0.15, 0.2) is 18.2 Å². The van der Waals surface area contributed by atoms with E-state index in [4.69, 9.17) is 11.6 Å². The molecular weight excluding hydrogens is 294 g/mol. The van der Waals surface area contributed by atoms with Crippen molar-refractivity contribution in [3.63, 3.8) is 0 Å². The number of hydrogen-bond acceptors (Lipinski definition) is 0. The van der Waals surface area contributed by atoms with Gasteiger partial charge in [-0.05, 0) is 59.0 Å². The number of rotatable bonds is 4. The van der Waals surface area contributed by atoms with Crippen molar-refractivity contribution in [3.8, 4) is 0 Å². The van der Waals surface area contributed by atoms with Crippen molar-refractivity contribution in [2.75, 3.05) is 5.88 Å². The molecule has 0 spiro atoms. The Morgan fingerprint density at radius 1 is 1.38 bits per heavy atom. The fourth-order valence-corrected chi connectivity index (χ4v) is 2.04. The Kier molecular flexibility index (Phi) is 5.10. The molecule has 0 radical (unpaired) electrons. The molecule has 0 atom stereocenters. The second kappa shape index (κ2) is 5.86. The zero-order chi connectivity index (χ0) is 9.68. The van der Waals surface area contributed by atoms with Crippen LogP contribution in [-0.2, 0) is 12.8 Å². The smallest absolute Gasteiger partial charge is 0.0226 e. The zero-order valence-corrected chi connectivity index (χ0v) is 10.7. The quantitative estimate of drug-likeness (QED) is 0.582. The molecule has 2 heteroatoms. The fourth-order valence-electron chi connectivity index (χ4n) is 1.30. The average Bonchev–Trinajstić information content (AvgIpc) is 2.17. The molecule has 0 heterocycles. The van der Waals surface area contributed by atoms with Gasteiger partial charge in [0.15, 0.2) is 0 Å². The van der Waals surface area contributed by atoms with Crippen LogP contribution in [0.5, 0.6) is 0 Å². The highest BCUT2D eigenvalue weighted by Gasteiger charge is 2.00. The van der Waals surface area contributed by atoms with E-state index in [1.165, 1.54) is 14.7 Å². The summed E-state index contributed by atoms with van der Waals surface area (Å²) in [6.07, 6.45) is 3.30. The van der Waals surface area contributed by atoms with Crippen molar-refractivity contribution in [2.45, 2.75) is 26.2 Å². The van der Waals surface area contributed by atoms with Crippen LogP contribution in [0.1, 0.15) is 24.5 Å². The summed E-state index contributed by atoms with van der Waals surface area (Å²) in [7, 11) is 0. The largest absolute Gasteiger partial charge is 0.127 e. The lowest BCUT2D eigenvalue weighted by Crippen LogP contribution is -1.92. The molecule has 0 saturated carbocycles. The molecule has 0 aliphatic rings. The summed E-state index contributed by atoms with van der Waals surface area (Å²) >= 11 is 8.06. The van der Waals surface area contributed by atoms with E-state index >= 15 is 0 Å². The Labute approximate surface area is 98.8 Å². The monoisotopic (exact) mass is 308 g/mol. The van der Waals surface area contributed by atoms with Gasteiger partial charge in [0.2, 0.25) is 0 Å². The molecule has 0 aliphatic carbocycles. The van der Waals surface area contributed by atoms with Crippen LogP contribution >= 0.6 is 34.2 Å². The summed E-state index contributed by atoms with van der Waals surface area (Å²) in [6, 6.07) is 6.70. The summed E-state index contributed by atoms with van der Waals surface area (Å²) in [6.45, 7) is 2.19. The summed E-state index contributed by atoms with van der Waals surface area (Å²) in [5, 5.41) is 0. The van der Waals surface area contributed by atoms with Gasteiger partial charge in [-0.25, -0.2) is 0 Å². The minimum absolute atomic E-state index is 0.756. The molecule has 0 nitrogen and oxygen atoms in total. The molecule has 0 unspecified atom stereocenters. The van der Waals surface area contributed by atoms with Gasteiger partial charge in [0.25, 0.3) is 0 Å². The lowest BCUT2D eigenvalue weighted by Gasteiger charge is -2.05. The normalized spacial score (nSPS) is 10.4. The van der Waals surface area contributed by atoms with Gasteiger partial charge in [-0.3, -0.25) is 0 Å². The number of halogens is 2. The van der Waals surface area contributed by atoms with Crippen molar-refractivity contribution in [1.82, 2.24) is 0 Å². The maximum atomic E-state index is 5.67. The number of hydrogen-bond donors (Lipinski definition) is 0. The second-order valence-electron chi connectivity index (χ2n) is 3.07. The van der Waals surface area contributed by atoms with E-state index in [2.05, 4.69) is 47.7 Å². The first-order valence-electron chi connectivity index (χ1n) is 4.61. The van der Waals surface area contributed by atoms with Crippen LogP contribution in [0, 0.1) is 3.57 Å². The molecule has 0 saturated heterocycles. The molecule has 0 aromatic heterocycles. The minimum Gasteiger partial charge on any atom is -0.127 e. The first-order chi connectivity index (χ1) is 6.27. The van der Waals surface area contributed by atoms with Crippen LogP contribution in [0.3, 0.4) is 0 Å². The van der Waals surface area contributed by atoms with Gasteiger partial charge in [-0.15, -0.1) is 11.6 Å². The van der Waals surface area contributed by atoms with Crippen molar-refractivity contribution in [3.05, 3.63) is 32.9 Å². The van der Waals surface area contributed by atoms with Crippen LogP contribution in [0.2, 0.25) is 0 Å². The maximum absolute atomic E-state index is 5.67. The SMILES string of the molecule is CCc1ccc(I)c(CCCCl)c1. The first-order valence-corrected chi connectivity index (χ1v) is 6.22. The summed E-state index contributed by atoms with van der Waals surface area (Å²) in [4.78, 5) is 0. The van der Waals surface area contributed by atoms with Crippen LogP contribution in [0.4, 0.5) is 0 Å². The molecule has 0 N–H and O–H groups in total. The maximum Gasteiger partial charge on any atom is 0.0226 e. The molecular formula is C11H14ClI. The van der Waals surface area contributed by atoms with Gasteiger partial charge in [0.05, 0.1) is 0 Å². The number of benzene rings is 1. The third-order valence-electron chi connectivity index (χ3n) is 2.10. The van der Waals surface area contributed by atoms with Crippen molar-refractivity contribution in [2.24, 2.45) is 0 Å². The van der Waals surface area contributed by atoms with Gasteiger partial charge in [0, 0.05) is 9.45 Å². The van der Waals surface area contributed by atoms with Crippen LogP contribution in [0.25, 0.3) is 0 Å². The number of aryl methyl sites for hydroxylation is 2. The minimum atomic E-state index is 0.756. The molecule has 1 rings (SSSR count). The molecule has 1 aromatic carbocycles. The van der Waals surface area contributed by atoms with Crippen molar-refractivity contribution in [1.29, 1.82) is 0 Å². The van der Waals surface area contributed by atoms with Crippen LogP contribution in [-0.4, -0.2) is 5.88 Å². The third-order valence-corrected chi connectivity index (χ3v) is 3.42. The predicted octanol–water partition coefficient (Wildman–Crippen LogP) is 4.03. The highest BCUT2D eigenvalue weighted by atomic mass is 127. The molecule has 72 valence electrons. The Morgan fingerprint density at radius 3 is 2.77 bits per heavy atom. The van der Waals surface area contributed by atoms with Gasteiger partial charge in [-0.2, -0.15) is 0 Å². The topological polar surface area (TPSA) is 0 Å². The number of alkyl halides is 1. The lowest BCUT2D eigenvalue weighted by atomic mass is 10.1. The standard InChI is InChI=1S/C11H14ClI/c1-2-9-5-6-11(13)10(8-9)4-3-7-12/h5-6,8H,2-4,7H2,1H3. The highest BCUT2D eigenvalue weighted by Crippen LogP contribution is 2.16. The summed E-state index contributed by atoms with van der Waals surface area (Å²) < 4.78 is 1.36. The molecule has 0 bridgehead atoms. The van der Waals surface area contributed by atoms with Gasteiger partial charge in [-0.1, -0.05) is 19.1 Å².